The second-order valence-corrected chi connectivity index (χ2v) is 6.51. The van der Waals surface area contributed by atoms with Gasteiger partial charge in [0.05, 0.1) is 24.2 Å². The summed E-state index contributed by atoms with van der Waals surface area (Å²) in [6.45, 7) is 6.58. The molecule has 1 amide bonds. The van der Waals surface area contributed by atoms with Crippen LogP contribution in [0.25, 0.3) is 11.1 Å². The van der Waals surface area contributed by atoms with Crippen molar-refractivity contribution in [2.75, 3.05) is 36.5 Å². The number of amides is 1. The van der Waals surface area contributed by atoms with Crippen molar-refractivity contribution in [3.8, 4) is 0 Å². The number of ether oxygens (including phenoxy) is 1. The quantitative estimate of drug-likeness (QED) is 0.764. The highest BCUT2D eigenvalue weighted by atomic mass is 16.5. The number of carbonyl (C=O) groups is 1. The predicted octanol–water partition coefficient (Wildman–Crippen LogP) is 3.18. The van der Waals surface area contributed by atoms with Gasteiger partial charge < -0.3 is 19.4 Å². The molecule has 27 heavy (non-hydrogen) atoms. The molecule has 140 valence electrons. The van der Waals surface area contributed by atoms with Crippen molar-refractivity contribution in [2.24, 2.45) is 0 Å². The van der Waals surface area contributed by atoms with E-state index in [0.717, 1.165) is 25.2 Å². The van der Waals surface area contributed by atoms with E-state index in [4.69, 9.17) is 9.15 Å². The summed E-state index contributed by atoms with van der Waals surface area (Å²) in [5, 5.41) is 3.61. The number of benzene rings is 1. The summed E-state index contributed by atoms with van der Waals surface area (Å²) in [6.07, 6.45) is 2.43. The number of anilines is 2. The molecular weight excluding hydrogens is 344 g/mol. The minimum absolute atomic E-state index is 0.222. The molecule has 7 nitrogen and oxygen atoms in total. The zero-order valence-corrected chi connectivity index (χ0v) is 15.5. The second-order valence-electron chi connectivity index (χ2n) is 6.51. The molecule has 0 aliphatic carbocycles. The van der Waals surface area contributed by atoms with E-state index in [9.17, 15) is 4.79 Å². The van der Waals surface area contributed by atoms with Crippen LogP contribution in [-0.2, 0) is 11.2 Å². The van der Waals surface area contributed by atoms with Gasteiger partial charge in [-0.1, -0.05) is 19.1 Å². The number of rotatable bonds is 4. The van der Waals surface area contributed by atoms with E-state index < -0.39 is 0 Å². The Bertz CT molecular complexity index is 959. The first-order chi connectivity index (χ1) is 13.2. The molecule has 3 aromatic rings. The Morgan fingerprint density at radius 1 is 1.19 bits per heavy atom. The molecule has 4 rings (SSSR count). The number of aryl methyl sites for hydroxylation is 2. The van der Waals surface area contributed by atoms with Crippen LogP contribution in [0.15, 0.2) is 35.0 Å². The Morgan fingerprint density at radius 3 is 2.63 bits per heavy atom. The summed E-state index contributed by atoms with van der Waals surface area (Å²) in [5.41, 5.74) is 2.87. The number of carbonyl (C=O) groups excluding carboxylic acids is 1. The van der Waals surface area contributed by atoms with E-state index in [1.54, 1.807) is 6.92 Å². The van der Waals surface area contributed by atoms with E-state index in [1.807, 2.05) is 24.3 Å². The molecule has 2 aromatic heterocycles. The number of hydrogen-bond donors (Lipinski definition) is 1. The van der Waals surface area contributed by atoms with Crippen molar-refractivity contribution in [1.82, 2.24) is 9.97 Å². The predicted molar refractivity (Wildman–Crippen MR) is 103 cm³/mol. The molecule has 1 N–H and O–H groups in total. The average molecular weight is 366 g/mol. The molecule has 3 heterocycles. The first-order valence-corrected chi connectivity index (χ1v) is 9.14. The normalized spacial score (nSPS) is 14.5. The lowest BCUT2D eigenvalue weighted by Gasteiger charge is -2.28. The van der Waals surface area contributed by atoms with Gasteiger partial charge in [0.25, 0.3) is 5.91 Å². The number of nitrogens with zero attached hydrogens (tertiary/aromatic N) is 3. The standard InChI is InChI=1S/C20H22N4O3/c1-3-14-4-6-15(7-5-14)23-19(25)16-13(2)27-20-17(16)18(21-12-22-20)24-8-10-26-11-9-24/h4-7,12H,3,8-11H2,1-2H3,(H,23,25). The van der Waals surface area contributed by atoms with Gasteiger partial charge in [-0.25, -0.2) is 9.97 Å². The number of morpholine rings is 1. The molecule has 0 saturated carbocycles. The first-order valence-electron chi connectivity index (χ1n) is 9.14. The highest BCUT2D eigenvalue weighted by molar-refractivity contribution is 6.15. The number of aromatic nitrogens is 2. The summed E-state index contributed by atoms with van der Waals surface area (Å²) in [4.78, 5) is 23.8. The maximum atomic E-state index is 13.0. The molecule has 1 aromatic carbocycles. The fraction of sp³-hybridized carbons (Fsp3) is 0.350. The van der Waals surface area contributed by atoms with E-state index in [1.165, 1.54) is 11.9 Å². The molecule has 1 aliphatic rings. The largest absolute Gasteiger partial charge is 0.442 e. The Hall–Kier alpha value is -2.93. The second kappa shape index (κ2) is 7.36. The third-order valence-corrected chi connectivity index (χ3v) is 4.80. The van der Waals surface area contributed by atoms with Crippen LogP contribution >= 0.6 is 0 Å². The molecule has 1 fully saturated rings. The van der Waals surface area contributed by atoms with Gasteiger partial charge >= 0.3 is 0 Å². The lowest BCUT2D eigenvalue weighted by Crippen LogP contribution is -2.37. The van der Waals surface area contributed by atoms with Gasteiger partial charge in [0.2, 0.25) is 5.71 Å². The Balaban J connectivity index is 1.71. The van der Waals surface area contributed by atoms with Crippen LogP contribution in [0.3, 0.4) is 0 Å². The highest BCUT2D eigenvalue weighted by Crippen LogP contribution is 2.32. The van der Waals surface area contributed by atoms with Crippen LogP contribution < -0.4 is 10.2 Å². The van der Waals surface area contributed by atoms with E-state index in [0.29, 0.717) is 41.5 Å². The lowest BCUT2D eigenvalue weighted by atomic mass is 10.1. The monoisotopic (exact) mass is 366 g/mol. The number of hydrogen-bond acceptors (Lipinski definition) is 6. The molecule has 0 radical (unpaired) electrons. The molecule has 1 aliphatic heterocycles. The van der Waals surface area contributed by atoms with E-state index in [-0.39, 0.29) is 5.91 Å². The lowest BCUT2D eigenvalue weighted by molar-refractivity contribution is 0.102. The molecule has 0 bridgehead atoms. The minimum atomic E-state index is -0.222. The zero-order chi connectivity index (χ0) is 18.8. The van der Waals surface area contributed by atoms with E-state index >= 15 is 0 Å². The Labute approximate surface area is 157 Å². The minimum Gasteiger partial charge on any atom is -0.442 e. The third-order valence-electron chi connectivity index (χ3n) is 4.80. The van der Waals surface area contributed by atoms with Crippen LogP contribution in [-0.4, -0.2) is 42.2 Å². The highest BCUT2D eigenvalue weighted by Gasteiger charge is 2.26. The maximum absolute atomic E-state index is 13.0. The molecule has 0 spiro atoms. The van der Waals surface area contributed by atoms with Gasteiger partial charge in [-0.15, -0.1) is 0 Å². The van der Waals surface area contributed by atoms with Crippen molar-refractivity contribution in [3.63, 3.8) is 0 Å². The summed E-state index contributed by atoms with van der Waals surface area (Å²) in [5.74, 6) is 1.02. The average Bonchev–Trinajstić information content (AvgIpc) is 3.05. The Morgan fingerprint density at radius 2 is 1.93 bits per heavy atom. The molecule has 0 unspecified atom stereocenters. The molecular formula is C20H22N4O3. The number of furan rings is 1. The van der Waals surface area contributed by atoms with Crippen molar-refractivity contribution < 1.29 is 13.9 Å². The first kappa shape index (κ1) is 17.5. The van der Waals surface area contributed by atoms with Gasteiger partial charge in [0.15, 0.2) is 0 Å². The van der Waals surface area contributed by atoms with Crippen LogP contribution in [0, 0.1) is 6.92 Å². The van der Waals surface area contributed by atoms with Crippen molar-refractivity contribution in [3.05, 3.63) is 47.5 Å². The van der Waals surface area contributed by atoms with Crippen molar-refractivity contribution in [2.45, 2.75) is 20.3 Å². The van der Waals surface area contributed by atoms with Gasteiger partial charge in [0, 0.05) is 18.8 Å². The van der Waals surface area contributed by atoms with Crippen molar-refractivity contribution in [1.29, 1.82) is 0 Å². The van der Waals surface area contributed by atoms with Crippen LogP contribution in [0.1, 0.15) is 28.6 Å². The summed E-state index contributed by atoms with van der Waals surface area (Å²) < 4.78 is 11.2. The van der Waals surface area contributed by atoms with Crippen LogP contribution in [0.5, 0.6) is 0 Å². The van der Waals surface area contributed by atoms with Gasteiger partial charge in [0.1, 0.15) is 17.9 Å². The summed E-state index contributed by atoms with van der Waals surface area (Å²) in [7, 11) is 0. The zero-order valence-electron chi connectivity index (χ0n) is 15.5. The van der Waals surface area contributed by atoms with Crippen molar-refractivity contribution >= 4 is 28.5 Å². The third kappa shape index (κ3) is 3.38. The Kier molecular flexibility index (Phi) is 4.77. The van der Waals surface area contributed by atoms with Crippen LogP contribution in [0.2, 0.25) is 0 Å². The van der Waals surface area contributed by atoms with Gasteiger partial charge in [-0.2, -0.15) is 0 Å². The van der Waals surface area contributed by atoms with Gasteiger partial charge in [-0.05, 0) is 31.0 Å². The summed E-state index contributed by atoms with van der Waals surface area (Å²) >= 11 is 0. The summed E-state index contributed by atoms with van der Waals surface area (Å²) in [6, 6.07) is 7.85. The molecule has 1 saturated heterocycles. The smallest absolute Gasteiger partial charge is 0.260 e. The van der Waals surface area contributed by atoms with Crippen LogP contribution in [0.4, 0.5) is 11.5 Å². The number of nitrogens with one attached hydrogen (secondary N) is 1. The fourth-order valence-electron chi connectivity index (χ4n) is 3.33. The van der Waals surface area contributed by atoms with Gasteiger partial charge in [-0.3, -0.25) is 4.79 Å². The SMILES string of the molecule is CCc1ccc(NC(=O)c2c(C)oc3ncnc(N4CCOCC4)c23)cc1. The van der Waals surface area contributed by atoms with E-state index in [2.05, 4.69) is 27.1 Å². The molecule has 7 heteroatoms. The topological polar surface area (TPSA) is 80.5 Å². The number of fused-ring (bicyclic) bond motifs is 1. The molecule has 0 atom stereocenters. The maximum Gasteiger partial charge on any atom is 0.260 e. The fourth-order valence-corrected chi connectivity index (χ4v) is 3.33.